The van der Waals surface area contributed by atoms with Crippen LogP contribution in [-0.4, -0.2) is 26.9 Å². The van der Waals surface area contributed by atoms with Gasteiger partial charge in [-0.05, 0) is 28.8 Å². The van der Waals surface area contributed by atoms with Gasteiger partial charge in [-0.15, -0.1) is 5.10 Å². The van der Waals surface area contributed by atoms with Crippen molar-refractivity contribution < 1.29 is 4.79 Å². The Kier molecular flexibility index (Phi) is 2.07. The molecule has 1 N–H and O–H groups in total. The second-order valence-corrected chi connectivity index (χ2v) is 3.85. The molecule has 1 aliphatic carbocycles. The molecule has 1 heterocycles. The Morgan fingerprint density at radius 2 is 2.38 bits per heavy atom. The number of nitrogens with zero attached hydrogens (tertiary/aromatic N) is 3. The Bertz CT molecular complexity index is 325. The maximum Gasteiger partial charge on any atom is 0.272 e. The molecule has 2 rings (SSSR count). The third-order valence-electron chi connectivity index (χ3n) is 1.91. The first kappa shape index (κ1) is 8.68. The van der Waals surface area contributed by atoms with Gasteiger partial charge in [0.2, 0.25) is 0 Å². The van der Waals surface area contributed by atoms with Crippen molar-refractivity contribution in [3.8, 4) is 0 Å². The van der Waals surface area contributed by atoms with E-state index in [4.69, 9.17) is 0 Å². The molecule has 13 heavy (non-hydrogen) atoms. The Morgan fingerprint density at radius 3 is 2.85 bits per heavy atom. The van der Waals surface area contributed by atoms with E-state index in [9.17, 15) is 4.79 Å². The van der Waals surface area contributed by atoms with E-state index in [1.807, 2.05) is 0 Å². The highest BCUT2D eigenvalue weighted by atomic mass is 79.9. The smallest absolute Gasteiger partial charge is 0.272 e. The number of aryl methyl sites for hydroxylation is 1. The molecular formula is C7H9BrN4O. The number of aromatic nitrogens is 3. The van der Waals surface area contributed by atoms with Crippen LogP contribution in [0.3, 0.4) is 0 Å². The first-order chi connectivity index (χ1) is 6.18. The topological polar surface area (TPSA) is 59.8 Å². The standard InChI is InChI=1S/C7H9BrN4O/c1-12-5(6(8)10-11-12)7(13)9-4-2-3-4/h4H,2-3H2,1H3,(H,9,13). The van der Waals surface area contributed by atoms with Crippen molar-refractivity contribution >= 4 is 21.8 Å². The summed E-state index contributed by atoms with van der Waals surface area (Å²) in [5.41, 5.74) is 0.479. The number of hydrogen-bond acceptors (Lipinski definition) is 3. The highest BCUT2D eigenvalue weighted by Gasteiger charge is 2.26. The second-order valence-electron chi connectivity index (χ2n) is 3.10. The molecule has 0 atom stereocenters. The summed E-state index contributed by atoms with van der Waals surface area (Å²) in [6.07, 6.45) is 2.16. The van der Waals surface area contributed by atoms with Gasteiger partial charge >= 0.3 is 0 Å². The molecule has 70 valence electrons. The van der Waals surface area contributed by atoms with E-state index in [2.05, 4.69) is 31.6 Å². The fourth-order valence-electron chi connectivity index (χ4n) is 1.05. The molecule has 1 saturated carbocycles. The molecule has 0 unspecified atom stereocenters. The monoisotopic (exact) mass is 244 g/mol. The zero-order valence-electron chi connectivity index (χ0n) is 7.12. The van der Waals surface area contributed by atoms with Crippen LogP contribution in [0.2, 0.25) is 0 Å². The van der Waals surface area contributed by atoms with Crippen molar-refractivity contribution in [2.45, 2.75) is 18.9 Å². The van der Waals surface area contributed by atoms with Crippen molar-refractivity contribution in [3.63, 3.8) is 0 Å². The third-order valence-corrected chi connectivity index (χ3v) is 2.45. The summed E-state index contributed by atoms with van der Waals surface area (Å²) in [4.78, 5) is 11.6. The van der Waals surface area contributed by atoms with E-state index in [1.54, 1.807) is 7.05 Å². The van der Waals surface area contributed by atoms with Crippen molar-refractivity contribution in [3.05, 3.63) is 10.3 Å². The summed E-state index contributed by atoms with van der Waals surface area (Å²) in [5, 5.41) is 10.3. The molecule has 0 aromatic carbocycles. The van der Waals surface area contributed by atoms with E-state index >= 15 is 0 Å². The van der Waals surface area contributed by atoms with Crippen molar-refractivity contribution in [2.75, 3.05) is 0 Å². The summed E-state index contributed by atoms with van der Waals surface area (Å²) in [5.74, 6) is -0.109. The van der Waals surface area contributed by atoms with Gasteiger partial charge in [-0.25, -0.2) is 4.68 Å². The maximum absolute atomic E-state index is 11.6. The van der Waals surface area contributed by atoms with Gasteiger partial charge in [0.1, 0.15) is 0 Å². The van der Waals surface area contributed by atoms with E-state index < -0.39 is 0 Å². The second kappa shape index (κ2) is 3.10. The highest BCUT2D eigenvalue weighted by Crippen LogP contribution is 2.20. The van der Waals surface area contributed by atoms with E-state index in [1.165, 1.54) is 4.68 Å². The van der Waals surface area contributed by atoms with E-state index in [0.717, 1.165) is 12.8 Å². The highest BCUT2D eigenvalue weighted by molar-refractivity contribution is 9.10. The summed E-state index contributed by atoms with van der Waals surface area (Å²) in [6, 6.07) is 0.356. The van der Waals surface area contributed by atoms with Crippen LogP contribution in [0, 0.1) is 0 Å². The Labute approximate surface area is 83.6 Å². The minimum absolute atomic E-state index is 0.109. The van der Waals surface area contributed by atoms with Crippen LogP contribution in [0.25, 0.3) is 0 Å². The molecule has 0 spiro atoms. The van der Waals surface area contributed by atoms with Crippen molar-refractivity contribution in [2.24, 2.45) is 7.05 Å². The van der Waals surface area contributed by atoms with Crippen molar-refractivity contribution in [1.82, 2.24) is 20.3 Å². The average Bonchev–Trinajstić information content (AvgIpc) is 2.79. The van der Waals surface area contributed by atoms with E-state index in [-0.39, 0.29) is 5.91 Å². The number of hydrogen-bond donors (Lipinski definition) is 1. The minimum atomic E-state index is -0.109. The number of amides is 1. The fraction of sp³-hybridized carbons (Fsp3) is 0.571. The van der Waals surface area contributed by atoms with Gasteiger partial charge in [-0.3, -0.25) is 4.79 Å². The molecule has 1 fully saturated rings. The Hall–Kier alpha value is -0.910. The molecule has 6 heteroatoms. The van der Waals surface area contributed by atoms with Gasteiger partial charge < -0.3 is 5.32 Å². The molecule has 0 bridgehead atoms. The first-order valence-corrected chi connectivity index (χ1v) is 4.84. The number of halogens is 1. The maximum atomic E-state index is 11.6. The van der Waals surface area contributed by atoms with Crippen LogP contribution in [0.5, 0.6) is 0 Å². The van der Waals surface area contributed by atoms with Crippen LogP contribution in [-0.2, 0) is 7.05 Å². The van der Waals surface area contributed by atoms with Crippen LogP contribution in [0.1, 0.15) is 23.3 Å². The molecule has 5 nitrogen and oxygen atoms in total. The van der Waals surface area contributed by atoms with E-state index in [0.29, 0.717) is 16.3 Å². The lowest BCUT2D eigenvalue weighted by Crippen LogP contribution is -2.27. The lowest BCUT2D eigenvalue weighted by atomic mass is 10.4. The number of nitrogens with one attached hydrogen (secondary N) is 1. The number of carbonyl (C=O) groups is 1. The zero-order chi connectivity index (χ0) is 9.42. The molecule has 1 aromatic rings. The molecule has 0 aliphatic heterocycles. The normalized spacial score (nSPS) is 15.8. The van der Waals surface area contributed by atoms with Gasteiger partial charge in [0.25, 0.3) is 5.91 Å². The van der Waals surface area contributed by atoms with Crippen LogP contribution in [0.15, 0.2) is 4.60 Å². The third kappa shape index (κ3) is 1.72. The average molecular weight is 245 g/mol. The van der Waals surface area contributed by atoms with Crippen LogP contribution < -0.4 is 5.32 Å². The fourth-order valence-corrected chi connectivity index (χ4v) is 1.56. The molecular weight excluding hydrogens is 236 g/mol. The van der Waals surface area contributed by atoms with Crippen molar-refractivity contribution in [1.29, 1.82) is 0 Å². The van der Waals surface area contributed by atoms with Gasteiger partial charge in [0.05, 0.1) is 0 Å². The predicted octanol–water partition coefficient (Wildman–Crippen LogP) is 0.470. The minimum Gasteiger partial charge on any atom is -0.348 e. The van der Waals surface area contributed by atoms with Gasteiger partial charge in [-0.1, -0.05) is 5.21 Å². The summed E-state index contributed by atoms with van der Waals surface area (Å²) >= 11 is 3.17. The van der Waals surface area contributed by atoms with Crippen LogP contribution >= 0.6 is 15.9 Å². The molecule has 0 radical (unpaired) electrons. The largest absolute Gasteiger partial charge is 0.348 e. The summed E-state index contributed by atoms with van der Waals surface area (Å²) < 4.78 is 1.95. The Balaban J connectivity index is 2.17. The SMILES string of the molecule is Cn1nnc(Br)c1C(=O)NC1CC1. The molecule has 1 amide bonds. The Morgan fingerprint density at radius 1 is 1.69 bits per heavy atom. The first-order valence-electron chi connectivity index (χ1n) is 4.04. The number of carbonyl (C=O) groups excluding carboxylic acids is 1. The molecule has 0 saturated heterocycles. The van der Waals surface area contributed by atoms with Crippen LogP contribution in [0.4, 0.5) is 0 Å². The number of rotatable bonds is 2. The quantitative estimate of drug-likeness (QED) is 0.823. The lowest BCUT2D eigenvalue weighted by molar-refractivity contribution is 0.0941. The van der Waals surface area contributed by atoms with Gasteiger partial charge in [0, 0.05) is 13.1 Å². The van der Waals surface area contributed by atoms with Gasteiger partial charge in [-0.2, -0.15) is 0 Å². The zero-order valence-corrected chi connectivity index (χ0v) is 8.71. The molecule has 1 aliphatic rings. The summed E-state index contributed by atoms with van der Waals surface area (Å²) in [6.45, 7) is 0. The molecule has 1 aromatic heterocycles. The predicted molar refractivity (Wildman–Crippen MR) is 49.2 cm³/mol. The van der Waals surface area contributed by atoms with Gasteiger partial charge in [0.15, 0.2) is 10.3 Å². The lowest BCUT2D eigenvalue weighted by Gasteiger charge is -2.02. The summed E-state index contributed by atoms with van der Waals surface area (Å²) in [7, 11) is 1.69.